The molecular formula is C15H14F3NO3. The molecule has 1 saturated carbocycles. The van der Waals surface area contributed by atoms with E-state index in [-0.39, 0.29) is 17.5 Å². The van der Waals surface area contributed by atoms with Crippen LogP contribution in [0.15, 0.2) is 28.7 Å². The number of rotatable bonds is 4. The van der Waals surface area contributed by atoms with Gasteiger partial charge in [0.05, 0.1) is 5.56 Å². The van der Waals surface area contributed by atoms with Crippen molar-refractivity contribution < 1.29 is 27.4 Å². The van der Waals surface area contributed by atoms with Crippen molar-refractivity contribution in [1.29, 1.82) is 0 Å². The summed E-state index contributed by atoms with van der Waals surface area (Å²) in [6.07, 6.45) is -2.77. The summed E-state index contributed by atoms with van der Waals surface area (Å²) < 4.78 is 46.3. The van der Waals surface area contributed by atoms with Gasteiger partial charge in [-0.15, -0.1) is 13.2 Å². The number of hydrogen-bond acceptors (Lipinski definition) is 4. The lowest BCUT2D eigenvalue weighted by atomic mass is 10.1. The highest BCUT2D eigenvalue weighted by molar-refractivity contribution is 5.82. The Morgan fingerprint density at radius 2 is 2.05 bits per heavy atom. The maximum absolute atomic E-state index is 12.3. The zero-order valence-electron chi connectivity index (χ0n) is 11.7. The van der Waals surface area contributed by atoms with Gasteiger partial charge < -0.3 is 19.6 Å². The minimum atomic E-state index is -4.76. The second-order valence-electron chi connectivity index (χ2n) is 5.21. The monoisotopic (exact) mass is 313 g/mol. The number of aryl methyl sites for hydroxylation is 1. The van der Waals surface area contributed by atoms with Gasteiger partial charge >= 0.3 is 6.36 Å². The first kappa shape index (κ1) is 14.6. The molecule has 0 atom stereocenters. The number of hydrogen-bond donors (Lipinski definition) is 2. The van der Waals surface area contributed by atoms with E-state index in [2.05, 4.69) is 10.1 Å². The van der Waals surface area contributed by atoms with E-state index in [1.54, 1.807) is 13.0 Å². The zero-order valence-corrected chi connectivity index (χ0v) is 11.7. The molecule has 0 amide bonds. The van der Waals surface area contributed by atoms with Gasteiger partial charge in [0.1, 0.15) is 11.5 Å². The van der Waals surface area contributed by atoms with Gasteiger partial charge in [0.25, 0.3) is 0 Å². The quantitative estimate of drug-likeness (QED) is 0.876. The maximum Gasteiger partial charge on any atom is 0.573 e. The van der Waals surface area contributed by atoms with E-state index in [1.165, 1.54) is 18.2 Å². The van der Waals surface area contributed by atoms with Crippen molar-refractivity contribution in [3.8, 4) is 22.6 Å². The Balaban J connectivity index is 1.98. The van der Waals surface area contributed by atoms with Gasteiger partial charge in [-0.3, -0.25) is 0 Å². The molecule has 7 heteroatoms. The van der Waals surface area contributed by atoms with E-state index in [9.17, 15) is 18.3 Å². The van der Waals surface area contributed by atoms with Crippen molar-refractivity contribution >= 4 is 5.88 Å². The first-order valence-electron chi connectivity index (χ1n) is 6.78. The largest absolute Gasteiger partial charge is 0.573 e. The van der Waals surface area contributed by atoms with Gasteiger partial charge in [0.2, 0.25) is 5.88 Å². The maximum atomic E-state index is 12.3. The molecule has 1 heterocycles. The van der Waals surface area contributed by atoms with Crippen LogP contribution < -0.4 is 10.1 Å². The average molecular weight is 313 g/mol. The minimum absolute atomic E-state index is 0.0905. The van der Waals surface area contributed by atoms with Crippen molar-refractivity contribution in [2.24, 2.45) is 0 Å². The standard InChI is InChI=1S/C15H14F3NO3/c1-8-13(20)12(14(21-8)19-10-5-6-10)9-3-2-4-11(7-9)22-15(16,17)18/h2-4,7,10,19-20H,5-6H2,1H3. The van der Waals surface area contributed by atoms with Crippen LogP contribution in [0.4, 0.5) is 19.1 Å². The molecule has 0 bridgehead atoms. The van der Waals surface area contributed by atoms with Gasteiger partial charge in [0, 0.05) is 6.04 Å². The summed E-state index contributed by atoms with van der Waals surface area (Å²) in [5.41, 5.74) is 0.733. The molecule has 0 spiro atoms. The molecule has 0 aliphatic heterocycles. The van der Waals surface area contributed by atoms with Crippen LogP contribution in [0.25, 0.3) is 11.1 Å². The van der Waals surface area contributed by atoms with E-state index in [1.807, 2.05) is 0 Å². The Kier molecular flexibility index (Phi) is 3.42. The Morgan fingerprint density at radius 1 is 1.32 bits per heavy atom. The predicted molar refractivity (Wildman–Crippen MR) is 73.9 cm³/mol. The summed E-state index contributed by atoms with van der Waals surface area (Å²) in [5, 5.41) is 13.3. The fourth-order valence-corrected chi connectivity index (χ4v) is 2.17. The van der Waals surface area contributed by atoms with Crippen LogP contribution in [-0.2, 0) is 0 Å². The molecule has 2 N–H and O–H groups in total. The fourth-order valence-electron chi connectivity index (χ4n) is 2.17. The molecule has 1 aliphatic carbocycles. The summed E-state index contributed by atoms with van der Waals surface area (Å²) in [5.74, 6) is 0.231. The fraction of sp³-hybridized carbons (Fsp3) is 0.333. The summed E-state index contributed by atoms with van der Waals surface area (Å²) in [7, 11) is 0. The zero-order chi connectivity index (χ0) is 15.9. The Morgan fingerprint density at radius 3 is 2.68 bits per heavy atom. The van der Waals surface area contributed by atoms with Gasteiger partial charge in [-0.25, -0.2) is 0 Å². The van der Waals surface area contributed by atoms with Crippen molar-refractivity contribution in [3.05, 3.63) is 30.0 Å². The Labute approximate surface area is 124 Å². The second-order valence-corrected chi connectivity index (χ2v) is 5.21. The summed E-state index contributed by atoms with van der Waals surface area (Å²) in [6, 6.07) is 5.72. The van der Waals surface area contributed by atoms with E-state index in [0.29, 0.717) is 22.8 Å². The van der Waals surface area contributed by atoms with Crippen LogP contribution in [0.3, 0.4) is 0 Å². The molecule has 0 radical (unpaired) electrons. The molecule has 1 aliphatic rings. The van der Waals surface area contributed by atoms with E-state index >= 15 is 0 Å². The van der Waals surface area contributed by atoms with Gasteiger partial charge in [0.15, 0.2) is 5.75 Å². The average Bonchev–Trinajstić information content (AvgIpc) is 3.16. The third kappa shape index (κ3) is 3.13. The van der Waals surface area contributed by atoms with Crippen molar-refractivity contribution in [3.63, 3.8) is 0 Å². The summed E-state index contributed by atoms with van der Waals surface area (Å²) >= 11 is 0. The number of aromatic hydroxyl groups is 1. The topological polar surface area (TPSA) is 54.6 Å². The summed E-state index contributed by atoms with van der Waals surface area (Å²) in [4.78, 5) is 0. The van der Waals surface area contributed by atoms with Crippen LogP contribution in [0.5, 0.6) is 11.5 Å². The van der Waals surface area contributed by atoms with Crippen LogP contribution in [0.2, 0.25) is 0 Å². The molecule has 22 heavy (non-hydrogen) atoms. The molecule has 1 fully saturated rings. The highest BCUT2D eigenvalue weighted by atomic mass is 19.4. The molecule has 4 nitrogen and oxygen atoms in total. The number of halogens is 3. The number of alkyl halides is 3. The third-order valence-electron chi connectivity index (χ3n) is 3.32. The van der Waals surface area contributed by atoms with Crippen molar-refractivity contribution in [1.82, 2.24) is 0 Å². The molecule has 2 aromatic rings. The normalized spacial score (nSPS) is 14.9. The molecular weight excluding hydrogens is 299 g/mol. The number of benzene rings is 1. The molecule has 0 saturated heterocycles. The minimum Gasteiger partial charge on any atom is -0.504 e. The highest BCUT2D eigenvalue weighted by Crippen LogP contribution is 2.44. The lowest BCUT2D eigenvalue weighted by Crippen LogP contribution is -2.17. The Hall–Kier alpha value is -2.31. The molecule has 3 rings (SSSR count). The van der Waals surface area contributed by atoms with Crippen LogP contribution in [-0.4, -0.2) is 17.5 Å². The first-order valence-corrected chi connectivity index (χ1v) is 6.78. The number of anilines is 1. The van der Waals surface area contributed by atoms with Gasteiger partial charge in [-0.05, 0) is 37.5 Å². The molecule has 1 aromatic carbocycles. The summed E-state index contributed by atoms with van der Waals surface area (Å²) in [6.45, 7) is 1.59. The Bertz CT molecular complexity index is 690. The van der Waals surface area contributed by atoms with Crippen LogP contribution in [0, 0.1) is 6.92 Å². The first-order chi connectivity index (χ1) is 10.3. The number of nitrogens with one attached hydrogen (secondary N) is 1. The van der Waals surface area contributed by atoms with Crippen LogP contribution >= 0.6 is 0 Å². The van der Waals surface area contributed by atoms with Crippen LogP contribution in [0.1, 0.15) is 18.6 Å². The van der Waals surface area contributed by atoms with E-state index < -0.39 is 6.36 Å². The molecule has 1 aromatic heterocycles. The van der Waals surface area contributed by atoms with E-state index in [0.717, 1.165) is 12.8 Å². The highest BCUT2D eigenvalue weighted by Gasteiger charge is 2.32. The van der Waals surface area contributed by atoms with Gasteiger partial charge in [-0.1, -0.05) is 12.1 Å². The second kappa shape index (κ2) is 5.15. The third-order valence-corrected chi connectivity index (χ3v) is 3.32. The smallest absolute Gasteiger partial charge is 0.504 e. The van der Waals surface area contributed by atoms with E-state index in [4.69, 9.17) is 4.42 Å². The van der Waals surface area contributed by atoms with Crippen molar-refractivity contribution in [2.75, 3.05) is 5.32 Å². The predicted octanol–water partition coefficient (Wildman–Crippen LogP) is 4.43. The number of ether oxygens (including phenoxy) is 1. The SMILES string of the molecule is Cc1oc(NC2CC2)c(-c2cccc(OC(F)(F)F)c2)c1O. The number of furan rings is 1. The van der Waals surface area contributed by atoms with Crippen molar-refractivity contribution in [2.45, 2.75) is 32.2 Å². The lowest BCUT2D eigenvalue weighted by molar-refractivity contribution is -0.274. The van der Waals surface area contributed by atoms with Gasteiger partial charge in [-0.2, -0.15) is 0 Å². The molecule has 118 valence electrons. The lowest BCUT2D eigenvalue weighted by Gasteiger charge is -2.10. The molecule has 0 unspecified atom stereocenters.